The fourth-order valence-electron chi connectivity index (χ4n) is 3.35. The number of fused-ring (bicyclic) bond motifs is 2. The van der Waals surface area contributed by atoms with Gasteiger partial charge in [0.1, 0.15) is 10.8 Å². The molecule has 5 nitrogen and oxygen atoms in total. The third kappa shape index (κ3) is 4.15. The number of nitrogens with one attached hydrogen (secondary N) is 2. The molecule has 1 saturated heterocycles. The lowest BCUT2D eigenvalue weighted by Crippen LogP contribution is -2.53. The second-order valence-electron chi connectivity index (χ2n) is 6.29. The van der Waals surface area contributed by atoms with E-state index in [9.17, 15) is 5.11 Å². The van der Waals surface area contributed by atoms with E-state index in [1.54, 1.807) is 11.3 Å². The molecule has 142 valence electrons. The molecule has 26 heavy (non-hydrogen) atoms. The molecule has 2 aromatic rings. The smallest absolute Gasteiger partial charge is 0.139 e. The minimum atomic E-state index is 0. The van der Waals surface area contributed by atoms with Crippen molar-refractivity contribution in [3.8, 4) is 0 Å². The quantitative estimate of drug-likeness (QED) is 0.700. The van der Waals surface area contributed by atoms with E-state index in [1.807, 2.05) is 12.1 Å². The summed E-state index contributed by atoms with van der Waals surface area (Å²) in [5.74, 6) is 1.04. The molecule has 4 rings (SSSR count). The number of para-hydroxylation sites is 2. The molecule has 0 spiro atoms. The summed E-state index contributed by atoms with van der Waals surface area (Å²) in [5, 5.41) is 17.4. The zero-order valence-corrected chi connectivity index (χ0v) is 17.0. The zero-order valence-electron chi connectivity index (χ0n) is 14.6. The topological polar surface area (TPSA) is 59.9 Å². The van der Waals surface area contributed by atoms with Crippen LogP contribution in [0.3, 0.4) is 0 Å². The molecule has 1 aromatic heterocycles. The third-order valence-corrected chi connectivity index (χ3v) is 5.47. The Balaban J connectivity index is 0.00000121. The van der Waals surface area contributed by atoms with E-state index in [0.29, 0.717) is 6.04 Å². The summed E-state index contributed by atoms with van der Waals surface area (Å²) in [6.07, 6.45) is 0.772. The molecule has 1 aromatic carbocycles. The van der Waals surface area contributed by atoms with Crippen LogP contribution in [-0.4, -0.2) is 48.1 Å². The largest absolute Gasteiger partial charge is 0.396 e. The first-order valence-electron chi connectivity index (χ1n) is 8.39. The second-order valence-corrected chi connectivity index (χ2v) is 7.54. The number of aryl methyl sites for hydroxylation is 1. The Labute approximate surface area is 170 Å². The predicted molar refractivity (Wildman–Crippen MR) is 115 cm³/mol. The van der Waals surface area contributed by atoms with Gasteiger partial charge in [0.05, 0.1) is 16.9 Å². The lowest BCUT2D eigenvalue weighted by molar-refractivity contribution is 0.223. The van der Waals surface area contributed by atoms with E-state index < -0.39 is 0 Å². The van der Waals surface area contributed by atoms with Crippen LogP contribution in [0.5, 0.6) is 0 Å². The van der Waals surface area contributed by atoms with Crippen molar-refractivity contribution in [3.63, 3.8) is 0 Å². The van der Waals surface area contributed by atoms with Crippen LogP contribution in [0.4, 0.5) is 16.4 Å². The molecule has 0 bridgehead atoms. The van der Waals surface area contributed by atoms with Crippen LogP contribution in [0.2, 0.25) is 0 Å². The summed E-state index contributed by atoms with van der Waals surface area (Å²) in [6, 6.07) is 10.7. The number of amidine groups is 1. The van der Waals surface area contributed by atoms with Gasteiger partial charge in [-0.25, -0.2) is 4.99 Å². The Bertz CT molecular complexity index is 778. The van der Waals surface area contributed by atoms with E-state index in [1.165, 1.54) is 10.4 Å². The number of hydrogen-bond acceptors (Lipinski definition) is 6. The fourth-order valence-corrected chi connectivity index (χ4v) is 4.27. The van der Waals surface area contributed by atoms with E-state index >= 15 is 0 Å². The highest BCUT2D eigenvalue weighted by molar-refractivity contribution is 7.16. The number of rotatable bonds is 2. The van der Waals surface area contributed by atoms with E-state index in [4.69, 9.17) is 4.99 Å². The molecule has 3 N–H and O–H groups in total. The summed E-state index contributed by atoms with van der Waals surface area (Å²) in [4.78, 5) is 8.64. The Hall–Kier alpha value is -1.31. The van der Waals surface area contributed by atoms with Crippen LogP contribution in [0.25, 0.3) is 0 Å². The summed E-state index contributed by atoms with van der Waals surface area (Å²) >= 11 is 1.77. The van der Waals surface area contributed by atoms with Crippen molar-refractivity contribution in [2.75, 3.05) is 31.6 Å². The maximum absolute atomic E-state index is 9.25. The average molecular weight is 415 g/mol. The number of thiophene rings is 1. The summed E-state index contributed by atoms with van der Waals surface area (Å²) < 4.78 is 0. The Morgan fingerprint density at radius 2 is 2.12 bits per heavy atom. The monoisotopic (exact) mass is 414 g/mol. The van der Waals surface area contributed by atoms with Gasteiger partial charge in [0.25, 0.3) is 0 Å². The molecule has 1 atom stereocenters. The van der Waals surface area contributed by atoms with Crippen LogP contribution in [-0.2, 0) is 0 Å². The van der Waals surface area contributed by atoms with Gasteiger partial charge < -0.3 is 20.6 Å². The average Bonchev–Trinajstić information content (AvgIpc) is 2.87. The lowest BCUT2D eigenvalue weighted by Gasteiger charge is -2.35. The number of anilines is 2. The fraction of sp³-hybridized carbons (Fsp3) is 0.389. The number of benzene rings is 1. The number of halogens is 2. The number of nitrogens with zero attached hydrogens (tertiary/aromatic N) is 2. The molecule has 0 unspecified atom stereocenters. The number of piperazine rings is 1. The van der Waals surface area contributed by atoms with Crippen molar-refractivity contribution in [3.05, 3.63) is 40.8 Å². The van der Waals surface area contributed by atoms with Crippen molar-refractivity contribution in [2.45, 2.75) is 19.4 Å². The van der Waals surface area contributed by atoms with Crippen molar-refractivity contribution in [1.82, 2.24) is 10.2 Å². The minimum absolute atomic E-state index is 0. The van der Waals surface area contributed by atoms with Gasteiger partial charge in [-0.3, -0.25) is 0 Å². The molecule has 0 saturated carbocycles. The Kier molecular flexibility index (Phi) is 7.32. The summed E-state index contributed by atoms with van der Waals surface area (Å²) in [7, 11) is 0. The van der Waals surface area contributed by atoms with Gasteiger partial charge in [0, 0.05) is 37.2 Å². The first kappa shape index (κ1) is 21.0. The van der Waals surface area contributed by atoms with Gasteiger partial charge >= 0.3 is 0 Å². The highest BCUT2D eigenvalue weighted by atomic mass is 35.5. The Morgan fingerprint density at radius 3 is 2.92 bits per heavy atom. The predicted octanol–water partition coefficient (Wildman–Crippen LogP) is 3.69. The van der Waals surface area contributed by atoms with Crippen molar-refractivity contribution >= 4 is 58.4 Å². The Morgan fingerprint density at radius 1 is 1.31 bits per heavy atom. The second kappa shape index (κ2) is 9.06. The number of aliphatic hydroxyl groups is 1. The molecular formula is C18H24Cl2N4OS. The van der Waals surface area contributed by atoms with Gasteiger partial charge in [0.15, 0.2) is 0 Å². The molecule has 3 heterocycles. The molecular weight excluding hydrogens is 391 g/mol. The number of hydrogen-bond donors (Lipinski definition) is 3. The van der Waals surface area contributed by atoms with Gasteiger partial charge in [-0.05, 0) is 31.5 Å². The van der Waals surface area contributed by atoms with E-state index in [0.717, 1.165) is 48.3 Å². The summed E-state index contributed by atoms with van der Waals surface area (Å²) in [5.41, 5.74) is 3.21. The molecule has 0 radical (unpaired) electrons. The van der Waals surface area contributed by atoms with Crippen LogP contribution in [0.15, 0.2) is 35.3 Å². The normalized spacial score (nSPS) is 18.3. The molecule has 1 fully saturated rings. The first-order chi connectivity index (χ1) is 11.7. The van der Waals surface area contributed by atoms with Gasteiger partial charge in [-0.2, -0.15) is 0 Å². The van der Waals surface area contributed by atoms with E-state index in [2.05, 4.69) is 40.7 Å². The SMILES string of the molecule is Cc1cc2c(s1)Nc1ccccc1N=C2N1CCN[C@@H](CCO)C1.Cl.Cl. The third-order valence-electron chi connectivity index (χ3n) is 4.51. The highest BCUT2D eigenvalue weighted by Crippen LogP contribution is 2.39. The first-order valence-corrected chi connectivity index (χ1v) is 9.21. The lowest BCUT2D eigenvalue weighted by atomic mass is 10.1. The molecule has 0 amide bonds. The molecule has 2 aliphatic heterocycles. The van der Waals surface area contributed by atoms with Gasteiger partial charge in [-0.1, -0.05) is 12.1 Å². The molecule has 8 heteroatoms. The maximum atomic E-state index is 9.25. The summed E-state index contributed by atoms with van der Waals surface area (Å²) in [6.45, 7) is 5.06. The van der Waals surface area contributed by atoms with Crippen LogP contribution < -0.4 is 10.6 Å². The number of aliphatic imine (C=N–C) groups is 1. The van der Waals surface area contributed by atoms with Crippen molar-refractivity contribution < 1.29 is 5.11 Å². The zero-order chi connectivity index (χ0) is 16.5. The highest BCUT2D eigenvalue weighted by Gasteiger charge is 2.27. The van der Waals surface area contributed by atoms with Crippen LogP contribution in [0.1, 0.15) is 16.9 Å². The minimum Gasteiger partial charge on any atom is -0.396 e. The molecule has 2 aliphatic rings. The van der Waals surface area contributed by atoms with Gasteiger partial charge in [0.2, 0.25) is 0 Å². The van der Waals surface area contributed by atoms with Crippen LogP contribution >= 0.6 is 36.2 Å². The van der Waals surface area contributed by atoms with Crippen LogP contribution in [0, 0.1) is 6.92 Å². The standard InChI is InChI=1S/C18H22N4OS.2ClH/c1-12-10-14-17(22-8-7-19-13(11-22)6-9-23)20-15-4-2-3-5-16(15)21-18(14)24-12;;/h2-5,10,13,19,21,23H,6-9,11H2,1H3;2*1H/t13-;;/m0../s1. The van der Waals surface area contributed by atoms with E-state index in [-0.39, 0.29) is 31.4 Å². The number of aliphatic hydroxyl groups excluding tert-OH is 1. The maximum Gasteiger partial charge on any atom is 0.139 e. The molecule has 0 aliphatic carbocycles. The van der Waals surface area contributed by atoms with Crippen molar-refractivity contribution in [1.29, 1.82) is 0 Å². The van der Waals surface area contributed by atoms with Crippen molar-refractivity contribution in [2.24, 2.45) is 4.99 Å². The van der Waals surface area contributed by atoms with Gasteiger partial charge in [-0.15, -0.1) is 36.2 Å².